The Balaban J connectivity index is 1.81. The van der Waals surface area contributed by atoms with E-state index in [0.717, 1.165) is 19.5 Å². The average molecular weight is 373 g/mol. The van der Waals surface area contributed by atoms with E-state index >= 15 is 0 Å². The van der Waals surface area contributed by atoms with Crippen LogP contribution in [0.5, 0.6) is 5.75 Å². The number of hydrogen-bond acceptors (Lipinski definition) is 3. The zero-order chi connectivity index (χ0) is 17.7. The first-order chi connectivity index (χ1) is 11.3. The number of nitrogens with zero attached hydrogens (tertiary/aromatic N) is 1. The van der Waals surface area contributed by atoms with Crippen LogP contribution in [0, 0.1) is 5.92 Å². The second kappa shape index (κ2) is 8.93. The monoisotopic (exact) mass is 372 g/mol. The number of carbonyl (C=O) groups excluding carboxylic acids is 1. The highest BCUT2D eigenvalue weighted by Gasteiger charge is 2.23. The number of halogens is 2. The van der Waals surface area contributed by atoms with Crippen molar-refractivity contribution in [2.24, 2.45) is 5.92 Å². The number of amides is 1. The first-order valence-electron chi connectivity index (χ1n) is 8.49. The Hall–Kier alpha value is -0.970. The van der Waals surface area contributed by atoms with Crippen molar-refractivity contribution in [2.75, 3.05) is 19.6 Å². The van der Waals surface area contributed by atoms with E-state index in [4.69, 9.17) is 27.9 Å². The molecule has 2 rings (SSSR count). The summed E-state index contributed by atoms with van der Waals surface area (Å²) >= 11 is 11.9. The predicted octanol–water partition coefficient (Wildman–Crippen LogP) is 4.00. The average Bonchev–Trinajstić information content (AvgIpc) is 2.51. The largest absolute Gasteiger partial charge is 0.481 e. The molecule has 0 spiro atoms. The van der Waals surface area contributed by atoms with Crippen LogP contribution >= 0.6 is 23.2 Å². The summed E-state index contributed by atoms with van der Waals surface area (Å²) in [7, 11) is 0. The molecule has 1 N–H and O–H groups in total. The molecule has 24 heavy (non-hydrogen) atoms. The lowest BCUT2D eigenvalue weighted by atomic mass is 9.97. The Morgan fingerprint density at radius 1 is 1.29 bits per heavy atom. The molecule has 1 heterocycles. The molecule has 134 valence electrons. The second-order valence-electron chi connectivity index (χ2n) is 6.71. The van der Waals surface area contributed by atoms with Crippen LogP contribution < -0.4 is 10.1 Å². The molecule has 1 aromatic rings. The molecule has 0 radical (unpaired) electrons. The van der Waals surface area contributed by atoms with Gasteiger partial charge in [-0.05, 0) is 64.3 Å². The topological polar surface area (TPSA) is 41.6 Å². The summed E-state index contributed by atoms with van der Waals surface area (Å²) in [5.74, 6) is 0.879. The SMILES string of the molecule is CC(Oc1cc(Cl)cc(Cl)c1)C(=O)NCC1CCCN(C(C)C)C1. The Morgan fingerprint density at radius 3 is 2.58 bits per heavy atom. The number of rotatable bonds is 6. The first kappa shape index (κ1) is 19.4. The molecule has 1 fully saturated rings. The Bertz CT molecular complexity index is 546. The van der Waals surface area contributed by atoms with Gasteiger partial charge in [0.2, 0.25) is 0 Å². The molecule has 0 aromatic heterocycles. The summed E-state index contributed by atoms with van der Waals surface area (Å²) in [5.41, 5.74) is 0. The summed E-state index contributed by atoms with van der Waals surface area (Å²) in [4.78, 5) is 14.7. The van der Waals surface area contributed by atoms with Gasteiger partial charge in [0.05, 0.1) is 0 Å². The lowest BCUT2D eigenvalue weighted by Crippen LogP contribution is -2.45. The van der Waals surface area contributed by atoms with Gasteiger partial charge in [-0.15, -0.1) is 0 Å². The fraction of sp³-hybridized carbons (Fsp3) is 0.611. The van der Waals surface area contributed by atoms with Gasteiger partial charge in [0.25, 0.3) is 5.91 Å². The van der Waals surface area contributed by atoms with Crippen LogP contribution in [0.1, 0.15) is 33.6 Å². The summed E-state index contributed by atoms with van der Waals surface area (Å²) in [6.07, 6.45) is 1.75. The van der Waals surface area contributed by atoms with E-state index < -0.39 is 6.10 Å². The van der Waals surface area contributed by atoms with Crippen LogP contribution in [0.4, 0.5) is 0 Å². The molecule has 1 aliphatic heterocycles. The van der Waals surface area contributed by atoms with Gasteiger partial charge in [-0.25, -0.2) is 0 Å². The van der Waals surface area contributed by atoms with E-state index in [1.165, 1.54) is 6.42 Å². The quantitative estimate of drug-likeness (QED) is 0.820. The van der Waals surface area contributed by atoms with Crippen molar-refractivity contribution >= 4 is 29.1 Å². The van der Waals surface area contributed by atoms with Gasteiger partial charge in [0.1, 0.15) is 5.75 Å². The minimum Gasteiger partial charge on any atom is -0.481 e. The zero-order valence-electron chi connectivity index (χ0n) is 14.5. The van der Waals surface area contributed by atoms with E-state index in [1.807, 2.05) is 0 Å². The maximum atomic E-state index is 12.3. The molecule has 0 saturated carbocycles. The van der Waals surface area contributed by atoms with Crippen LogP contribution in [0.3, 0.4) is 0 Å². The molecular formula is C18H26Cl2N2O2. The van der Waals surface area contributed by atoms with Gasteiger partial charge >= 0.3 is 0 Å². The van der Waals surface area contributed by atoms with Gasteiger partial charge in [-0.3, -0.25) is 4.79 Å². The number of likely N-dealkylation sites (tertiary alicyclic amines) is 1. The van der Waals surface area contributed by atoms with Crippen molar-refractivity contribution in [1.29, 1.82) is 0 Å². The summed E-state index contributed by atoms with van der Waals surface area (Å²) in [6, 6.07) is 5.49. The highest BCUT2D eigenvalue weighted by Crippen LogP contribution is 2.25. The van der Waals surface area contributed by atoms with Crippen LogP contribution in [0.2, 0.25) is 10.0 Å². The molecule has 0 aliphatic carbocycles. The van der Waals surface area contributed by atoms with Crippen molar-refractivity contribution in [3.05, 3.63) is 28.2 Å². The van der Waals surface area contributed by atoms with Crippen LogP contribution in [0.25, 0.3) is 0 Å². The smallest absolute Gasteiger partial charge is 0.260 e. The highest BCUT2D eigenvalue weighted by atomic mass is 35.5. The van der Waals surface area contributed by atoms with E-state index in [9.17, 15) is 4.79 Å². The van der Waals surface area contributed by atoms with Gasteiger partial charge < -0.3 is 15.0 Å². The van der Waals surface area contributed by atoms with Crippen LogP contribution in [-0.2, 0) is 4.79 Å². The fourth-order valence-corrected chi connectivity index (χ4v) is 3.48. The van der Waals surface area contributed by atoms with Crippen LogP contribution in [-0.4, -0.2) is 42.6 Å². The fourth-order valence-electron chi connectivity index (χ4n) is 2.98. The van der Waals surface area contributed by atoms with Crippen molar-refractivity contribution < 1.29 is 9.53 Å². The van der Waals surface area contributed by atoms with E-state index in [-0.39, 0.29) is 5.91 Å². The molecule has 2 unspecified atom stereocenters. The predicted molar refractivity (Wildman–Crippen MR) is 99.0 cm³/mol. The number of nitrogens with one attached hydrogen (secondary N) is 1. The van der Waals surface area contributed by atoms with Gasteiger partial charge in [-0.2, -0.15) is 0 Å². The first-order valence-corrected chi connectivity index (χ1v) is 9.25. The molecule has 1 aromatic carbocycles. The zero-order valence-corrected chi connectivity index (χ0v) is 16.0. The molecule has 1 amide bonds. The minimum atomic E-state index is -0.593. The summed E-state index contributed by atoms with van der Waals surface area (Å²) in [6.45, 7) is 9.03. The van der Waals surface area contributed by atoms with Crippen molar-refractivity contribution in [1.82, 2.24) is 10.2 Å². The normalized spacial score (nSPS) is 20.0. The molecule has 1 saturated heterocycles. The second-order valence-corrected chi connectivity index (χ2v) is 7.58. The number of hydrogen-bond donors (Lipinski definition) is 1. The molecule has 6 heteroatoms. The van der Waals surface area contributed by atoms with Crippen molar-refractivity contribution in [2.45, 2.75) is 45.8 Å². The molecule has 4 nitrogen and oxygen atoms in total. The third-order valence-electron chi connectivity index (χ3n) is 4.36. The lowest BCUT2D eigenvalue weighted by molar-refractivity contribution is -0.127. The molecular weight excluding hydrogens is 347 g/mol. The number of ether oxygens (including phenoxy) is 1. The van der Waals surface area contributed by atoms with Gasteiger partial charge in [-0.1, -0.05) is 23.2 Å². The van der Waals surface area contributed by atoms with Crippen LogP contribution in [0.15, 0.2) is 18.2 Å². The lowest BCUT2D eigenvalue weighted by Gasteiger charge is -2.35. The van der Waals surface area contributed by atoms with Gasteiger partial charge in [0, 0.05) is 29.2 Å². The summed E-state index contributed by atoms with van der Waals surface area (Å²) < 4.78 is 5.65. The van der Waals surface area contributed by atoms with E-state index in [1.54, 1.807) is 25.1 Å². The third-order valence-corrected chi connectivity index (χ3v) is 4.80. The van der Waals surface area contributed by atoms with Crippen molar-refractivity contribution in [3.8, 4) is 5.75 Å². The number of carbonyl (C=O) groups is 1. The number of benzene rings is 1. The molecule has 2 atom stereocenters. The maximum absolute atomic E-state index is 12.3. The maximum Gasteiger partial charge on any atom is 0.260 e. The van der Waals surface area contributed by atoms with Gasteiger partial charge in [0.15, 0.2) is 6.10 Å². The van der Waals surface area contributed by atoms with E-state index in [0.29, 0.717) is 34.3 Å². The molecule has 0 bridgehead atoms. The highest BCUT2D eigenvalue weighted by molar-refractivity contribution is 6.34. The third kappa shape index (κ3) is 5.83. The van der Waals surface area contributed by atoms with E-state index in [2.05, 4.69) is 24.1 Å². The molecule has 1 aliphatic rings. The Kier molecular flexibility index (Phi) is 7.20. The Morgan fingerprint density at radius 2 is 1.96 bits per heavy atom. The summed E-state index contributed by atoms with van der Waals surface area (Å²) in [5, 5.41) is 3.98. The minimum absolute atomic E-state index is 0.118. The Labute approximate surface area is 154 Å². The standard InChI is InChI=1S/C18H26Cl2N2O2/c1-12(2)22-6-4-5-14(11-22)10-21-18(23)13(3)24-17-8-15(19)7-16(20)9-17/h7-9,12-14H,4-6,10-11H2,1-3H3,(H,21,23). The van der Waals surface area contributed by atoms with Crippen molar-refractivity contribution in [3.63, 3.8) is 0 Å². The number of piperidine rings is 1.